The van der Waals surface area contributed by atoms with E-state index in [-0.39, 0.29) is 21.5 Å². The summed E-state index contributed by atoms with van der Waals surface area (Å²) < 4.78 is 40.8. The molecule has 0 aliphatic carbocycles. The van der Waals surface area contributed by atoms with E-state index in [4.69, 9.17) is 23.2 Å². The van der Waals surface area contributed by atoms with Crippen LogP contribution in [-0.4, -0.2) is 31.4 Å². The minimum Gasteiger partial charge on any atom is -0.272 e. The molecule has 32 heavy (non-hydrogen) atoms. The Labute approximate surface area is 195 Å². The Morgan fingerprint density at radius 3 is 2.50 bits per heavy atom. The summed E-state index contributed by atoms with van der Waals surface area (Å²) in [4.78, 5) is 12.3. The lowest BCUT2D eigenvalue weighted by Gasteiger charge is -2.22. The Bertz CT molecular complexity index is 1240. The van der Waals surface area contributed by atoms with Crippen molar-refractivity contribution in [1.82, 2.24) is 9.73 Å². The molecule has 3 aromatic rings. The predicted octanol–water partition coefficient (Wildman–Crippen LogP) is 4.47. The van der Waals surface area contributed by atoms with E-state index < -0.39 is 28.3 Å². The third-order valence-corrected chi connectivity index (χ3v) is 6.79. The van der Waals surface area contributed by atoms with Gasteiger partial charge in [-0.1, -0.05) is 65.7 Å². The van der Waals surface area contributed by atoms with E-state index in [1.807, 2.05) is 0 Å². The van der Waals surface area contributed by atoms with E-state index in [0.717, 1.165) is 4.31 Å². The van der Waals surface area contributed by atoms with Crippen LogP contribution >= 0.6 is 23.2 Å². The van der Waals surface area contributed by atoms with Crippen LogP contribution in [0, 0.1) is 5.82 Å². The van der Waals surface area contributed by atoms with Crippen LogP contribution in [0.1, 0.15) is 11.1 Å². The Morgan fingerprint density at radius 2 is 1.78 bits per heavy atom. The first kappa shape index (κ1) is 23.9. The largest absolute Gasteiger partial charge is 0.272 e. The Kier molecular flexibility index (Phi) is 7.98. The fourth-order valence-electron chi connectivity index (χ4n) is 2.79. The number of carbonyl (C=O) groups is 1. The van der Waals surface area contributed by atoms with E-state index in [9.17, 15) is 17.6 Å². The zero-order chi connectivity index (χ0) is 23.1. The van der Waals surface area contributed by atoms with Crippen molar-refractivity contribution in [2.45, 2.75) is 11.4 Å². The predicted molar refractivity (Wildman–Crippen MR) is 123 cm³/mol. The highest BCUT2D eigenvalue weighted by Gasteiger charge is 2.29. The van der Waals surface area contributed by atoms with Crippen molar-refractivity contribution >= 4 is 45.3 Å². The minimum absolute atomic E-state index is 0.0167. The maximum Gasteiger partial charge on any atom is 0.255 e. The SMILES string of the molecule is O=C(CN(Cc1ccccc1)S(=O)(=O)c1cc(Cl)ccc1Cl)N/N=C\c1cccc(F)c1. The molecule has 10 heteroatoms. The molecular formula is C22H18Cl2FN3O3S. The lowest BCUT2D eigenvalue weighted by Crippen LogP contribution is -2.39. The van der Waals surface area contributed by atoms with Gasteiger partial charge in [-0.15, -0.1) is 0 Å². The van der Waals surface area contributed by atoms with Crippen LogP contribution in [0.3, 0.4) is 0 Å². The molecule has 166 valence electrons. The maximum atomic E-state index is 13.3. The quantitative estimate of drug-likeness (QED) is 0.371. The molecule has 0 saturated carbocycles. The normalized spacial score (nSPS) is 11.8. The molecule has 0 aliphatic heterocycles. The zero-order valence-corrected chi connectivity index (χ0v) is 18.9. The Balaban J connectivity index is 1.82. The van der Waals surface area contributed by atoms with Crippen molar-refractivity contribution in [2.75, 3.05) is 6.54 Å². The zero-order valence-electron chi connectivity index (χ0n) is 16.6. The van der Waals surface area contributed by atoms with Crippen molar-refractivity contribution in [3.8, 4) is 0 Å². The van der Waals surface area contributed by atoms with Gasteiger partial charge in [0.1, 0.15) is 10.7 Å². The molecule has 1 amide bonds. The van der Waals surface area contributed by atoms with Gasteiger partial charge in [-0.3, -0.25) is 4.79 Å². The molecule has 0 radical (unpaired) electrons. The number of hydrogen-bond acceptors (Lipinski definition) is 4. The van der Waals surface area contributed by atoms with Crippen LogP contribution < -0.4 is 5.43 Å². The van der Waals surface area contributed by atoms with Crippen LogP contribution in [0.15, 0.2) is 82.8 Å². The second-order valence-corrected chi connectivity index (χ2v) is 9.43. The molecule has 3 aromatic carbocycles. The molecule has 0 bridgehead atoms. The van der Waals surface area contributed by atoms with E-state index in [2.05, 4.69) is 10.5 Å². The molecule has 0 spiro atoms. The highest BCUT2D eigenvalue weighted by Crippen LogP contribution is 2.28. The second-order valence-electron chi connectivity index (χ2n) is 6.68. The lowest BCUT2D eigenvalue weighted by atomic mass is 10.2. The van der Waals surface area contributed by atoms with Crippen molar-refractivity contribution in [3.63, 3.8) is 0 Å². The van der Waals surface area contributed by atoms with Crippen LogP contribution in [0.5, 0.6) is 0 Å². The van der Waals surface area contributed by atoms with E-state index in [0.29, 0.717) is 11.1 Å². The molecule has 3 rings (SSSR count). The number of nitrogens with zero attached hydrogens (tertiary/aromatic N) is 2. The number of hydrogen-bond donors (Lipinski definition) is 1. The lowest BCUT2D eigenvalue weighted by molar-refractivity contribution is -0.121. The number of rotatable bonds is 8. The van der Waals surface area contributed by atoms with Crippen LogP contribution in [0.25, 0.3) is 0 Å². The summed E-state index contributed by atoms with van der Waals surface area (Å²) >= 11 is 12.1. The van der Waals surface area contributed by atoms with Gasteiger partial charge in [0.25, 0.3) is 5.91 Å². The van der Waals surface area contributed by atoms with Gasteiger partial charge in [0.05, 0.1) is 17.8 Å². The molecule has 0 saturated heterocycles. The van der Waals surface area contributed by atoms with Gasteiger partial charge in [-0.05, 0) is 41.5 Å². The number of benzene rings is 3. The molecule has 0 aromatic heterocycles. The summed E-state index contributed by atoms with van der Waals surface area (Å²) in [6.07, 6.45) is 1.25. The summed E-state index contributed by atoms with van der Waals surface area (Å²) in [5, 5.41) is 3.94. The molecular weight excluding hydrogens is 476 g/mol. The second kappa shape index (κ2) is 10.7. The third-order valence-electron chi connectivity index (χ3n) is 4.28. The van der Waals surface area contributed by atoms with Crippen molar-refractivity contribution < 1.29 is 17.6 Å². The van der Waals surface area contributed by atoms with Crippen LogP contribution in [-0.2, 0) is 21.4 Å². The number of carbonyl (C=O) groups excluding carboxylic acids is 1. The molecule has 6 nitrogen and oxygen atoms in total. The molecule has 0 unspecified atom stereocenters. The topological polar surface area (TPSA) is 78.8 Å². The number of sulfonamides is 1. The van der Waals surface area contributed by atoms with E-state index >= 15 is 0 Å². The highest BCUT2D eigenvalue weighted by atomic mass is 35.5. The summed E-state index contributed by atoms with van der Waals surface area (Å²) in [7, 11) is -4.18. The number of nitrogens with one attached hydrogen (secondary N) is 1. The molecule has 0 aliphatic rings. The van der Waals surface area contributed by atoms with Gasteiger partial charge in [0.15, 0.2) is 0 Å². The Hall–Kier alpha value is -2.78. The number of amides is 1. The maximum absolute atomic E-state index is 13.3. The molecule has 0 atom stereocenters. The first-order valence-electron chi connectivity index (χ1n) is 9.32. The summed E-state index contributed by atoms with van der Waals surface area (Å²) in [6.45, 7) is -0.604. The first-order chi connectivity index (χ1) is 15.3. The van der Waals surface area contributed by atoms with Gasteiger partial charge in [0.2, 0.25) is 10.0 Å². The van der Waals surface area contributed by atoms with Crippen molar-refractivity contribution in [1.29, 1.82) is 0 Å². The van der Waals surface area contributed by atoms with Crippen LogP contribution in [0.4, 0.5) is 4.39 Å². The van der Waals surface area contributed by atoms with Crippen LogP contribution in [0.2, 0.25) is 10.0 Å². The fourth-order valence-corrected chi connectivity index (χ4v) is 4.91. The summed E-state index contributed by atoms with van der Waals surface area (Å²) in [5.41, 5.74) is 3.37. The van der Waals surface area contributed by atoms with Gasteiger partial charge in [0, 0.05) is 11.6 Å². The minimum atomic E-state index is -4.18. The van der Waals surface area contributed by atoms with Crippen molar-refractivity contribution in [2.24, 2.45) is 5.10 Å². The van der Waals surface area contributed by atoms with Gasteiger partial charge in [-0.25, -0.2) is 18.2 Å². The molecule has 1 N–H and O–H groups in total. The van der Waals surface area contributed by atoms with E-state index in [1.165, 1.54) is 42.6 Å². The van der Waals surface area contributed by atoms with Gasteiger partial charge < -0.3 is 0 Å². The monoisotopic (exact) mass is 493 g/mol. The standard InChI is InChI=1S/C22H18Cl2FN3O3S/c23-18-9-10-20(24)21(12-18)32(30,31)28(14-16-5-2-1-3-6-16)15-22(29)27-26-13-17-7-4-8-19(25)11-17/h1-13H,14-15H2,(H,27,29)/b26-13-. The first-order valence-corrected chi connectivity index (χ1v) is 11.5. The van der Waals surface area contributed by atoms with E-state index in [1.54, 1.807) is 36.4 Å². The average molecular weight is 494 g/mol. The number of hydrazone groups is 1. The summed E-state index contributed by atoms with van der Waals surface area (Å²) in [5.74, 6) is -1.13. The van der Waals surface area contributed by atoms with Gasteiger partial charge >= 0.3 is 0 Å². The molecule has 0 heterocycles. The fraction of sp³-hybridized carbons (Fsp3) is 0.0909. The van der Waals surface area contributed by atoms with Gasteiger partial charge in [-0.2, -0.15) is 9.41 Å². The van der Waals surface area contributed by atoms with Crippen molar-refractivity contribution in [3.05, 3.63) is 99.8 Å². The highest BCUT2D eigenvalue weighted by molar-refractivity contribution is 7.89. The average Bonchev–Trinajstić information content (AvgIpc) is 2.75. The Morgan fingerprint density at radius 1 is 1.03 bits per heavy atom. The smallest absolute Gasteiger partial charge is 0.255 e. The molecule has 0 fully saturated rings. The third kappa shape index (κ3) is 6.37. The summed E-state index contributed by atoms with van der Waals surface area (Å²) in [6, 6.07) is 18.5. The number of halogens is 3.